The normalized spacial score (nSPS) is 29.1. The summed E-state index contributed by atoms with van der Waals surface area (Å²) >= 11 is 1.42. The first-order valence-electron chi connectivity index (χ1n) is 5.04. The molecule has 0 radical (unpaired) electrons. The topological polar surface area (TPSA) is 66.3 Å². The molecule has 15 heavy (non-hydrogen) atoms. The average molecular weight is 225 g/mol. The first-order chi connectivity index (χ1) is 7.25. The predicted molar refractivity (Wildman–Crippen MR) is 53.7 cm³/mol. The summed E-state index contributed by atoms with van der Waals surface area (Å²) in [5, 5.41) is 13.0. The van der Waals surface area contributed by atoms with Crippen molar-refractivity contribution < 1.29 is 9.90 Å². The minimum atomic E-state index is -0.743. The number of carboxylic acid groups (broad SMARTS) is 1. The molecule has 0 amide bonds. The van der Waals surface area contributed by atoms with E-state index in [4.69, 9.17) is 5.11 Å². The number of carboxylic acids is 1. The summed E-state index contributed by atoms with van der Waals surface area (Å²) in [6.45, 7) is 0.146. The fourth-order valence-electron chi connectivity index (χ4n) is 2.67. The molecule has 1 N–H and O–H groups in total. The summed E-state index contributed by atoms with van der Waals surface area (Å²) in [6.07, 6.45) is 3.01. The second-order valence-corrected chi connectivity index (χ2v) is 4.89. The number of aromatic nitrogens is 2. The Bertz CT molecular complexity index is 406. The number of carbonyl (C=O) groups is 1. The smallest absolute Gasteiger partial charge is 0.317 e. The van der Waals surface area contributed by atoms with Crippen LogP contribution in [0.2, 0.25) is 0 Å². The molecule has 2 atom stereocenters. The van der Waals surface area contributed by atoms with E-state index in [1.165, 1.54) is 16.4 Å². The Kier molecular flexibility index (Phi) is 2.00. The van der Waals surface area contributed by atoms with Gasteiger partial charge in [-0.25, -0.2) is 0 Å². The molecular weight excluding hydrogens is 214 g/mol. The third kappa shape index (κ3) is 1.36. The molecule has 0 aliphatic carbocycles. The number of hydrogen-bond acceptors (Lipinski definition) is 5. The Balaban J connectivity index is 1.93. The van der Waals surface area contributed by atoms with E-state index in [2.05, 4.69) is 14.5 Å². The monoisotopic (exact) mass is 225 g/mol. The second kappa shape index (κ2) is 3.24. The first-order valence-corrected chi connectivity index (χ1v) is 5.81. The van der Waals surface area contributed by atoms with Crippen molar-refractivity contribution in [3.05, 3.63) is 10.6 Å². The Morgan fingerprint density at radius 2 is 2.47 bits per heavy atom. The van der Waals surface area contributed by atoms with Crippen LogP contribution in [0.3, 0.4) is 0 Å². The molecule has 3 heterocycles. The molecule has 0 saturated carbocycles. The zero-order valence-corrected chi connectivity index (χ0v) is 8.90. The van der Waals surface area contributed by atoms with Gasteiger partial charge in [-0.15, -0.1) is 5.10 Å². The fraction of sp³-hybridized carbons (Fsp3) is 0.667. The molecule has 2 bridgehead atoms. The largest absolute Gasteiger partial charge is 0.480 e. The Labute approximate surface area is 90.9 Å². The van der Waals surface area contributed by atoms with Gasteiger partial charge < -0.3 is 5.11 Å². The van der Waals surface area contributed by atoms with Gasteiger partial charge in [0.25, 0.3) is 0 Å². The Hall–Kier alpha value is -1.01. The molecule has 3 rings (SSSR count). The van der Waals surface area contributed by atoms with Gasteiger partial charge in [0.1, 0.15) is 0 Å². The van der Waals surface area contributed by atoms with Crippen LogP contribution in [0.15, 0.2) is 0 Å². The van der Waals surface area contributed by atoms with Gasteiger partial charge in [-0.2, -0.15) is 0 Å². The molecule has 1 saturated heterocycles. The van der Waals surface area contributed by atoms with Crippen molar-refractivity contribution in [2.75, 3.05) is 6.54 Å². The van der Waals surface area contributed by atoms with Crippen LogP contribution < -0.4 is 0 Å². The maximum atomic E-state index is 10.8. The van der Waals surface area contributed by atoms with Gasteiger partial charge in [0, 0.05) is 18.5 Å². The van der Waals surface area contributed by atoms with Crippen molar-refractivity contribution in [2.45, 2.75) is 31.3 Å². The zero-order chi connectivity index (χ0) is 10.4. The minimum Gasteiger partial charge on any atom is -0.480 e. The van der Waals surface area contributed by atoms with Gasteiger partial charge in [-0.1, -0.05) is 4.49 Å². The molecule has 1 aromatic heterocycles. The Morgan fingerprint density at radius 1 is 1.60 bits per heavy atom. The van der Waals surface area contributed by atoms with Crippen LogP contribution >= 0.6 is 11.5 Å². The number of hydrogen-bond donors (Lipinski definition) is 1. The lowest BCUT2D eigenvalue weighted by Gasteiger charge is -2.31. The van der Waals surface area contributed by atoms with Crippen LogP contribution in [-0.4, -0.2) is 38.1 Å². The number of fused-ring (bicyclic) bond motifs is 4. The van der Waals surface area contributed by atoms with E-state index in [1.54, 1.807) is 0 Å². The van der Waals surface area contributed by atoms with Crippen LogP contribution in [0.4, 0.5) is 0 Å². The number of aliphatic carboxylic acids is 1. The van der Waals surface area contributed by atoms with E-state index < -0.39 is 5.97 Å². The second-order valence-electron chi connectivity index (χ2n) is 4.10. The zero-order valence-electron chi connectivity index (χ0n) is 8.09. The van der Waals surface area contributed by atoms with E-state index in [9.17, 15) is 4.79 Å². The summed E-state index contributed by atoms with van der Waals surface area (Å²) in [5.74, 6) is -0.743. The molecule has 80 valence electrons. The quantitative estimate of drug-likeness (QED) is 0.802. The van der Waals surface area contributed by atoms with Gasteiger partial charge in [0.15, 0.2) is 0 Å². The van der Waals surface area contributed by atoms with E-state index in [0.29, 0.717) is 6.04 Å². The van der Waals surface area contributed by atoms with Crippen molar-refractivity contribution in [1.29, 1.82) is 0 Å². The highest BCUT2D eigenvalue weighted by Gasteiger charge is 2.42. The molecule has 5 nitrogen and oxygen atoms in total. The van der Waals surface area contributed by atoms with Gasteiger partial charge in [0.2, 0.25) is 0 Å². The van der Waals surface area contributed by atoms with Gasteiger partial charge >= 0.3 is 5.97 Å². The van der Waals surface area contributed by atoms with Crippen molar-refractivity contribution in [3.8, 4) is 0 Å². The summed E-state index contributed by atoms with van der Waals surface area (Å²) in [6, 6.07) is 0.623. The molecule has 1 aromatic rings. The highest BCUT2D eigenvalue weighted by Crippen LogP contribution is 2.43. The van der Waals surface area contributed by atoms with Crippen LogP contribution in [0, 0.1) is 0 Å². The van der Waals surface area contributed by atoms with E-state index >= 15 is 0 Å². The van der Waals surface area contributed by atoms with E-state index in [0.717, 1.165) is 25.0 Å². The summed E-state index contributed by atoms with van der Waals surface area (Å²) in [4.78, 5) is 14.0. The number of nitrogens with zero attached hydrogens (tertiary/aromatic N) is 3. The van der Waals surface area contributed by atoms with Crippen molar-refractivity contribution in [1.82, 2.24) is 14.5 Å². The molecule has 6 heteroatoms. The van der Waals surface area contributed by atoms with Crippen molar-refractivity contribution in [2.24, 2.45) is 0 Å². The lowest BCUT2D eigenvalue weighted by molar-refractivity contribution is -0.139. The van der Waals surface area contributed by atoms with Gasteiger partial charge in [-0.3, -0.25) is 9.69 Å². The molecular formula is C9H11N3O2S. The highest BCUT2D eigenvalue weighted by atomic mass is 32.1. The standard InChI is InChI=1S/C9H11N3O2S/c13-8(14)4-12-5-1-2-7(12)9-6(3-5)10-11-15-9/h5,7H,1-4H2,(H,13,14)/t5-,7+/m1/s1. The SMILES string of the molecule is O=C(O)CN1[C@@H]2CC[C@H]1c1snnc1C2. The third-order valence-corrected chi connectivity index (χ3v) is 4.14. The van der Waals surface area contributed by atoms with E-state index in [1.807, 2.05) is 0 Å². The van der Waals surface area contributed by atoms with Crippen LogP contribution in [-0.2, 0) is 11.2 Å². The Morgan fingerprint density at radius 3 is 3.27 bits per heavy atom. The molecule has 0 unspecified atom stereocenters. The highest BCUT2D eigenvalue weighted by molar-refractivity contribution is 7.05. The molecule has 0 aromatic carbocycles. The minimum absolute atomic E-state index is 0.146. The third-order valence-electron chi connectivity index (χ3n) is 3.28. The fourth-order valence-corrected chi connectivity index (χ4v) is 3.50. The maximum absolute atomic E-state index is 10.8. The average Bonchev–Trinajstić information content (AvgIpc) is 2.72. The summed E-state index contributed by atoms with van der Waals surface area (Å²) in [7, 11) is 0. The van der Waals surface area contributed by atoms with Crippen LogP contribution in [0.5, 0.6) is 0 Å². The first kappa shape index (κ1) is 9.23. The van der Waals surface area contributed by atoms with Crippen LogP contribution in [0.1, 0.15) is 29.5 Å². The van der Waals surface area contributed by atoms with Gasteiger partial charge in [0.05, 0.1) is 17.1 Å². The molecule has 1 fully saturated rings. The van der Waals surface area contributed by atoms with Crippen molar-refractivity contribution in [3.63, 3.8) is 0 Å². The summed E-state index contributed by atoms with van der Waals surface area (Å²) < 4.78 is 3.95. The molecule has 0 spiro atoms. The maximum Gasteiger partial charge on any atom is 0.317 e. The summed E-state index contributed by atoms with van der Waals surface area (Å²) in [5.41, 5.74) is 1.09. The van der Waals surface area contributed by atoms with E-state index in [-0.39, 0.29) is 12.6 Å². The predicted octanol–water partition coefficient (Wildman–Crippen LogP) is 0.684. The lowest BCUT2D eigenvalue weighted by atomic mass is 10.1. The molecule has 2 aliphatic rings. The lowest BCUT2D eigenvalue weighted by Crippen LogP contribution is -2.40. The number of rotatable bonds is 2. The van der Waals surface area contributed by atoms with Crippen LogP contribution in [0.25, 0.3) is 0 Å². The van der Waals surface area contributed by atoms with Crippen molar-refractivity contribution >= 4 is 17.5 Å². The van der Waals surface area contributed by atoms with Gasteiger partial charge in [-0.05, 0) is 24.4 Å². The molecule has 2 aliphatic heterocycles.